The molecule has 2 saturated carbocycles. The minimum Gasteiger partial charge on any atom is -0.333 e. The Morgan fingerprint density at radius 1 is 1.32 bits per heavy atom. The van der Waals surface area contributed by atoms with Crippen molar-refractivity contribution in [2.45, 2.75) is 57.5 Å². The van der Waals surface area contributed by atoms with Gasteiger partial charge in [-0.25, -0.2) is 4.98 Å². The van der Waals surface area contributed by atoms with Gasteiger partial charge in [-0.3, -0.25) is 4.79 Å². The second-order valence-corrected chi connectivity index (χ2v) is 6.60. The van der Waals surface area contributed by atoms with Crippen molar-refractivity contribution in [3.63, 3.8) is 0 Å². The number of aromatic nitrogens is 1. The van der Waals surface area contributed by atoms with Crippen LogP contribution < -0.4 is 0 Å². The van der Waals surface area contributed by atoms with Gasteiger partial charge in [-0.2, -0.15) is 0 Å². The number of amides is 1. The van der Waals surface area contributed by atoms with Crippen LogP contribution in [-0.4, -0.2) is 27.9 Å². The zero-order valence-corrected chi connectivity index (χ0v) is 12.2. The number of nitrogens with zero attached hydrogens (tertiary/aromatic N) is 2. The SMILES string of the molecule is Cc1nc(/C=C/C(=O)N(C2CCCC2)C2CC2)cs1. The van der Waals surface area contributed by atoms with E-state index >= 15 is 0 Å². The molecular formula is C15H20N2OS. The fourth-order valence-electron chi connectivity index (χ4n) is 2.89. The van der Waals surface area contributed by atoms with Gasteiger partial charge in [0.1, 0.15) is 0 Å². The Kier molecular flexibility index (Phi) is 3.69. The Balaban J connectivity index is 1.68. The molecule has 2 aliphatic rings. The van der Waals surface area contributed by atoms with Gasteiger partial charge in [-0.15, -0.1) is 11.3 Å². The van der Waals surface area contributed by atoms with Gasteiger partial charge in [0.2, 0.25) is 5.91 Å². The quantitative estimate of drug-likeness (QED) is 0.790. The van der Waals surface area contributed by atoms with Gasteiger partial charge in [0.25, 0.3) is 0 Å². The highest BCUT2D eigenvalue weighted by atomic mass is 32.1. The Labute approximate surface area is 118 Å². The number of carbonyl (C=O) groups excluding carboxylic acids is 1. The number of hydrogen-bond donors (Lipinski definition) is 0. The van der Waals surface area contributed by atoms with E-state index in [-0.39, 0.29) is 5.91 Å². The Hall–Kier alpha value is -1.16. The average molecular weight is 276 g/mol. The standard InChI is InChI=1S/C15H20N2OS/c1-11-16-12(10-19-11)6-9-15(18)17(14-7-8-14)13-4-2-3-5-13/h6,9-10,13-14H,2-5,7-8H2,1H3/b9-6+. The predicted molar refractivity (Wildman–Crippen MR) is 78.0 cm³/mol. The molecule has 1 amide bonds. The molecule has 2 aliphatic carbocycles. The number of aryl methyl sites for hydroxylation is 1. The maximum Gasteiger partial charge on any atom is 0.247 e. The molecule has 0 atom stereocenters. The normalized spacial score (nSPS) is 20.3. The van der Waals surface area contributed by atoms with Gasteiger partial charge in [-0.05, 0) is 38.7 Å². The largest absolute Gasteiger partial charge is 0.333 e. The topological polar surface area (TPSA) is 33.2 Å². The first-order valence-corrected chi connectivity index (χ1v) is 8.04. The van der Waals surface area contributed by atoms with Crippen LogP contribution in [0.5, 0.6) is 0 Å². The molecule has 0 unspecified atom stereocenters. The molecule has 19 heavy (non-hydrogen) atoms. The van der Waals surface area contributed by atoms with Crippen molar-refractivity contribution in [2.24, 2.45) is 0 Å². The molecule has 3 nitrogen and oxygen atoms in total. The second kappa shape index (κ2) is 5.45. The second-order valence-electron chi connectivity index (χ2n) is 5.54. The number of carbonyl (C=O) groups is 1. The molecule has 102 valence electrons. The van der Waals surface area contributed by atoms with Gasteiger partial charge in [0, 0.05) is 23.5 Å². The molecule has 1 heterocycles. The van der Waals surface area contributed by atoms with E-state index in [1.807, 2.05) is 18.4 Å². The summed E-state index contributed by atoms with van der Waals surface area (Å²) in [7, 11) is 0. The summed E-state index contributed by atoms with van der Waals surface area (Å²) in [5.41, 5.74) is 0.901. The minimum atomic E-state index is 0.181. The van der Waals surface area contributed by atoms with Crippen LogP contribution in [-0.2, 0) is 4.79 Å². The van der Waals surface area contributed by atoms with Crippen LogP contribution in [0.2, 0.25) is 0 Å². The Morgan fingerprint density at radius 2 is 2.00 bits per heavy atom. The van der Waals surface area contributed by atoms with Crippen molar-refractivity contribution in [3.8, 4) is 0 Å². The van der Waals surface area contributed by atoms with E-state index in [4.69, 9.17) is 0 Å². The monoisotopic (exact) mass is 276 g/mol. The highest BCUT2D eigenvalue weighted by Gasteiger charge is 2.37. The van der Waals surface area contributed by atoms with Crippen LogP contribution in [0.15, 0.2) is 11.5 Å². The van der Waals surface area contributed by atoms with E-state index in [2.05, 4.69) is 9.88 Å². The lowest BCUT2D eigenvalue weighted by atomic mass is 10.2. The van der Waals surface area contributed by atoms with Crippen LogP contribution in [0, 0.1) is 6.92 Å². The van der Waals surface area contributed by atoms with Crippen molar-refractivity contribution in [2.75, 3.05) is 0 Å². The van der Waals surface area contributed by atoms with Crippen LogP contribution in [0.25, 0.3) is 6.08 Å². The summed E-state index contributed by atoms with van der Waals surface area (Å²) in [4.78, 5) is 18.9. The van der Waals surface area contributed by atoms with Crippen LogP contribution in [0.1, 0.15) is 49.2 Å². The van der Waals surface area contributed by atoms with Gasteiger partial charge in [-0.1, -0.05) is 12.8 Å². The molecule has 0 aliphatic heterocycles. The van der Waals surface area contributed by atoms with Gasteiger partial charge in [0.05, 0.1) is 10.7 Å². The van der Waals surface area contributed by atoms with Crippen molar-refractivity contribution in [3.05, 3.63) is 22.2 Å². The lowest BCUT2D eigenvalue weighted by Gasteiger charge is -2.27. The third-order valence-corrected chi connectivity index (χ3v) is 4.74. The predicted octanol–water partition coefficient (Wildman–Crippen LogP) is 3.40. The van der Waals surface area contributed by atoms with Gasteiger partial charge < -0.3 is 4.90 Å². The summed E-state index contributed by atoms with van der Waals surface area (Å²) in [6.45, 7) is 1.98. The summed E-state index contributed by atoms with van der Waals surface area (Å²) < 4.78 is 0. The van der Waals surface area contributed by atoms with Crippen molar-refractivity contribution in [1.82, 2.24) is 9.88 Å². The van der Waals surface area contributed by atoms with E-state index in [1.165, 1.54) is 38.5 Å². The first-order chi connectivity index (χ1) is 9.24. The maximum absolute atomic E-state index is 12.4. The van der Waals surface area contributed by atoms with E-state index < -0.39 is 0 Å². The van der Waals surface area contributed by atoms with Crippen LogP contribution in [0.3, 0.4) is 0 Å². The summed E-state index contributed by atoms with van der Waals surface area (Å²) in [5, 5.41) is 3.04. The lowest BCUT2D eigenvalue weighted by molar-refractivity contribution is -0.128. The van der Waals surface area contributed by atoms with Crippen molar-refractivity contribution < 1.29 is 4.79 Å². The van der Waals surface area contributed by atoms with Crippen LogP contribution in [0.4, 0.5) is 0 Å². The molecule has 3 rings (SSSR count). The minimum absolute atomic E-state index is 0.181. The lowest BCUT2D eigenvalue weighted by Crippen LogP contribution is -2.39. The van der Waals surface area contributed by atoms with Crippen LogP contribution >= 0.6 is 11.3 Å². The number of thiazole rings is 1. The van der Waals surface area contributed by atoms with E-state index in [0.29, 0.717) is 12.1 Å². The molecule has 0 saturated heterocycles. The third kappa shape index (κ3) is 3.06. The zero-order valence-electron chi connectivity index (χ0n) is 11.3. The highest BCUT2D eigenvalue weighted by Crippen LogP contribution is 2.34. The van der Waals surface area contributed by atoms with Crippen molar-refractivity contribution in [1.29, 1.82) is 0 Å². The van der Waals surface area contributed by atoms with E-state index in [9.17, 15) is 4.79 Å². The molecule has 0 radical (unpaired) electrons. The smallest absolute Gasteiger partial charge is 0.247 e. The molecule has 0 spiro atoms. The molecule has 4 heteroatoms. The summed E-state index contributed by atoms with van der Waals surface area (Å²) in [6, 6.07) is 0.999. The Bertz CT molecular complexity index is 484. The molecule has 1 aromatic rings. The fraction of sp³-hybridized carbons (Fsp3) is 0.600. The first-order valence-electron chi connectivity index (χ1n) is 7.16. The van der Waals surface area contributed by atoms with Gasteiger partial charge in [0.15, 0.2) is 0 Å². The molecule has 0 bridgehead atoms. The highest BCUT2D eigenvalue weighted by molar-refractivity contribution is 7.09. The Morgan fingerprint density at radius 3 is 2.58 bits per heavy atom. The molecule has 0 N–H and O–H groups in total. The molecule has 2 fully saturated rings. The summed E-state index contributed by atoms with van der Waals surface area (Å²) in [5.74, 6) is 0.181. The number of rotatable bonds is 4. The average Bonchev–Trinajstić information content (AvgIpc) is 2.89. The van der Waals surface area contributed by atoms with Gasteiger partial charge >= 0.3 is 0 Å². The third-order valence-electron chi connectivity index (χ3n) is 3.95. The maximum atomic E-state index is 12.4. The molecule has 1 aromatic heterocycles. The van der Waals surface area contributed by atoms with E-state index in [1.54, 1.807) is 17.4 Å². The van der Waals surface area contributed by atoms with E-state index in [0.717, 1.165) is 10.7 Å². The zero-order chi connectivity index (χ0) is 13.2. The van der Waals surface area contributed by atoms with Crippen molar-refractivity contribution >= 4 is 23.3 Å². The first kappa shape index (κ1) is 12.9. The summed E-state index contributed by atoms with van der Waals surface area (Å²) >= 11 is 1.62. The molecular weight excluding hydrogens is 256 g/mol. The summed E-state index contributed by atoms with van der Waals surface area (Å²) in [6.07, 6.45) is 10.9. The molecule has 0 aromatic carbocycles. The number of hydrogen-bond acceptors (Lipinski definition) is 3. The fourth-order valence-corrected chi connectivity index (χ4v) is 3.47.